The highest BCUT2D eigenvalue weighted by Gasteiger charge is 2.25. The fourth-order valence-corrected chi connectivity index (χ4v) is 2.53. The van der Waals surface area contributed by atoms with Crippen LogP contribution in [0.1, 0.15) is 32.6 Å². The van der Waals surface area contributed by atoms with Crippen LogP contribution in [0.25, 0.3) is 0 Å². The smallest absolute Gasteiger partial charge is 0.0107 e. The second-order valence-electron chi connectivity index (χ2n) is 4.32. The lowest BCUT2D eigenvalue weighted by molar-refractivity contribution is 0.405. The van der Waals surface area contributed by atoms with Gasteiger partial charge in [-0.3, -0.25) is 0 Å². The molecule has 1 aliphatic carbocycles. The van der Waals surface area contributed by atoms with Crippen LogP contribution in [0.3, 0.4) is 0 Å². The van der Waals surface area contributed by atoms with Crippen LogP contribution in [0.2, 0.25) is 0 Å². The summed E-state index contributed by atoms with van der Waals surface area (Å²) in [5.41, 5.74) is 5.74. The molecule has 3 unspecified atom stereocenters. The fourth-order valence-electron chi connectivity index (χ4n) is 2.18. The third kappa shape index (κ3) is 3.79. The van der Waals surface area contributed by atoms with E-state index in [9.17, 15) is 0 Å². The zero-order valence-corrected chi connectivity index (χ0v) is 10.3. The predicted octanol–water partition coefficient (Wildman–Crippen LogP) is 1.84. The fraction of sp³-hybridized carbons (Fsp3) is 1.00. The molecule has 1 rings (SSSR count). The first-order valence-corrected chi connectivity index (χ1v) is 7.03. The van der Waals surface area contributed by atoms with Gasteiger partial charge in [0.05, 0.1) is 0 Å². The van der Waals surface area contributed by atoms with Crippen molar-refractivity contribution in [2.24, 2.45) is 11.7 Å². The van der Waals surface area contributed by atoms with Crippen LogP contribution in [0.15, 0.2) is 0 Å². The van der Waals surface area contributed by atoms with Crippen LogP contribution in [0.4, 0.5) is 0 Å². The van der Waals surface area contributed by atoms with E-state index < -0.39 is 0 Å². The molecular weight excluding hydrogens is 192 g/mol. The number of nitrogens with two attached hydrogens (primary N) is 1. The van der Waals surface area contributed by atoms with Gasteiger partial charge in [-0.2, -0.15) is 11.8 Å². The van der Waals surface area contributed by atoms with Gasteiger partial charge in [0.2, 0.25) is 0 Å². The van der Waals surface area contributed by atoms with Crippen molar-refractivity contribution >= 4 is 11.8 Å². The third-order valence-corrected chi connectivity index (χ3v) is 4.36. The molecule has 1 saturated carbocycles. The van der Waals surface area contributed by atoms with E-state index in [-0.39, 0.29) is 0 Å². The molecule has 3 atom stereocenters. The number of rotatable bonds is 6. The Morgan fingerprint density at radius 2 is 2.29 bits per heavy atom. The van der Waals surface area contributed by atoms with Gasteiger partial charge in [-0.15, -0.1) is 0 Å². The van der Waals surface area contributed by atoms with Crippen LogP contribution in [-0.4, -0.2) is 30.6 Å². The van der Waals surface area contributed by atoms with Gasteiger partial charge in [0.1, 0.15) is 0 Å². The molecule has 84 valence electrons. The summed E-state index contributed by atoms with van der Waals surface area (Å²) in [6.07, 6.45) is 7.47. The molecule has 0 bridgehead atoms. The second kappa shape index (κ2) is 6.70. The Labute approximate surface area is 92.4 Å². The van der Waals surface area contributed by atoms with E-state index in [0.717, 1.165) is 24.3 Å². The van der Waals surface area contributed by atoms with Gasteiger partial charge in [-0.1, -0.05) is 13.3 Å². The highest BCUT2D eigenvalue weighted by atomic mass is 32.2. The Balaban J connectivity index is 2.11. The third-order valence-electron chi connectivity index (χ3n) is 3.32. The monoisotopic (exact) mass is 216 g/mol. The van der Waals surface area contributed by atoms with Crippen molar-refractivity contribution in [3.63, 3.8) is 0 Å². The molecule has 0 aromatic rings. The largest absolute Gasteiger partial charge is 0.330 e. The summed E-state index contributed by atoms with van der Waals surface area (Å²) in [6, 6.07) is 0.703. The molecule has 0 saturated heterocycles. The molecule has 0 aliphatic heterocycles. The molecule has 0 amide bonds. The SMILES string of the molecule is CSC(C)CCNC1CCCC1CN. The average molecular weight is 216 g/mol. The Morgan fingerprint density at radius 3 is 2.93 bits per heavy atom. The molecule has 0 radical (unpaired) electrons. The van der Waals surface area contributed by atoms with Crippen molar-refractivity contribution in [2.45, 2.75) is 43.9 Å². The first-order chi connectivity index (χ1) is 6.77. The molecule has 3 heteroatoms. The van der Waals surface area contributed by atoms with Crippen molar-refractivity contribution in [3.05, 3.63) is 0 Å². The molecule has 2 nitrogen and oxygen atoms in total. The van der Waals surface area contributed by atoms with Crippen molar-refractivity contribution in [2.75, 3.05) is 19.3 Å². The molecule has 14 heavy (non-hydrogen) atoms. The normalized spacial score (nSPS) is 29.4. The topological polar surface area (TPSA) is 38.0 Å². The maximum atomic E-state index is 5.74. The quantitative estimate of drug-likeness (QED) is 0.711. The zero-order valence-electron chi connectivity index (χ0n) is 9.46. The van der Waals surface area contributed by atoms with E-state index in [1.807, 2.05) is 11.8 Å². The summed E-state index contributed by atoms with van der Waals surface area (Å²) in [5, 5.41) is 4.43. The van der Waals surface area contributed by atoms with Gasteiger partial charge in [-0.05, 0) is 44.5 Å². The number of thioether (sulfide) groups is 1. The Hall–Kier alpha value is 0.270. The molecule has 0 spiro atoms. The number of hydrogen-bond donors (Lipinski definition) is 2. The highest BCUT2D eigenvalue weighted by Crippen LogP contribution is 2.24. The number of nitrogens with one attached hydrogen (secondary N) is 1. The zero-order chi connectivity index (χ0) is 10.4. The first kappa shape index (κ1) is 12.3. The van der Waals surface area contributed by atoms with E-state index >= 15 is 0 Å². The number of hydrogen-bond acceptors (Lipinski definition) is 3. The average Bonchev–Trinajstić information content (AvgIpc) is 2.65. The lowest BCUT2D eigenvalue weighted by Gasteiger charge is -2.20. The van der Waals surface area contributed by atoms with Gasteiger partial charge in [0.15, 0.2) is 0 Å². The standard InChI is InChI=1S/C11H24N2S/c1-9(14-2)6-7-13-11-5-3-4-10(11)8-12/h9-11,13H,3-8,12H2,1-2H3. The van der Waals surface area contributed by atoms with E-state index in [1.165, 1.54) is 25.7 Å². The Kier molecular flexibility index (Phi) is 5.90. The van der Waals surface area contributed by atoms with Gasteiger partial charge in [0.25, 0.3) is 0 Å². The van der Waals surface area contributed by atoms with Crippen molar-refractivity contribution in [1.82, 2.24) is 5.32 Å². The summed E-state index contributed by atoms with van der Waals surface area (Å²) in [4.78, 5) is 0. The molecule has 0 aromatic heterocycles. The summed E-state index contributed by atoms with van der Waals surface area (Å²) in [5.74, 6) is 0.736. The summed E-state index contributed by atoms with van der Waals surface area (Å²) < 4.78 is 0. The van der Waals surface area contributed by atoms with E-state index in [4.69, 9.17) is 5.73 Å². The maximum absolute atomic E-state index is 5.74. The minimum absolute atomic E-state index is 0.703. The first-order valence-electron chi connectivity index (χ1n) is 5.74. The maximum Gasteiger partial charge on any atom is 0.0107 e. The van der Waals surface area contributed by atoms with Crippen molar-refractivity contribution in [1.29, 1.82) is 0 Å². The Bertz CT molecular complexity index is 152. The lowest BCUT2D eigenvalue weighted by atomic mass is 10.0. The van der Waals surface area contributed by atoms with Crippen molar-refractivity contribution < 1.29 is 0 Å². The van der Waals surface area contributed by atoms with Gasteiger partial charge < -0.3 is 11.1 Å². The van der Waals surface area contributed by atoms with Gasteiger partial charge >= 0.3 is 0 Å². The van der Waals surface area contributed by atoms with Gasteiger partial charge in [-0.25, -0.2) is 0 Å². The van der Waals surface area contributed by atoms with Crippen LogP contribution in [-0.2, 0) is 0 Å². The van der Waals surface area contributed by atoms with Crippen LogP contribution in [0, 0.1) is 5.92 Å². The second-order valence-corrected chi connectivity index (χ2v) is 5.60. The molecule has 1 fully saturated rings. The molecule has 0 heterocycles. The molecule has 0 aromatic carbocycles. The van der Waals surface area contributed by atoms with Crippen LogP contribution in [0.5, 0.6) is 0 Å². The van der Waals surface area contributed by atoms with E-state index in [1.54, 1.807) is 0 Å². The van der Waals surface area contributed by atoms with Crippen LogP contribution >= 0.6 is 11.8 Å². The van der Waals surface area contributed by atoms with E-state index in [2.05, 4.69) is 18.5 Å². The minimum atomic E-state index is 0.703. The van der Waals surface area contributed by atoms with Gasteiger partial charge in [0, 0.05) is 11.3 Å². The summed E-state index contributed by atoms with van der Waals surface area (Å²) >= 11 is 1.95. The minimum Gasteiger partial charge on any atom is -0.330 e. The molecular formula is C11H24N2S. The summed E-state index contributed by atoms with van der Waals surface area (Å²) in [7, 11) is 0. The molecule has 3 N–H and O–H groups in total. The van der Waals surface area contributed by atoms with E-state index in [0.29, 0.717) is 6.04 Å². The van der Waals surface area contributed by atoms with Crippen molar-refractivity contribution in [3.8, 4) is 0 Å². The Morgan fingerprint density at radius 1 is 1.50 bits per heavy atom. The molecule has 1 aliphatic rings. The predicted molar refractivity (Wildman–Crippen MR) is 65.8 cm³/mol. The highest BCUT2D eigenvalue weighted by molar-refractivity contribution is 7.99. The summed E-state index contributed by atoms with van der Waals surface area (Å²) in [6.45, 7) is 4.31. The lowest BCUT2D eigenvalue weighted by Crippen LogP contribution is -2.37. The van der Waals surface area contributed by atoms with Crippen LogP contribution < -0.4 is 11.1 Å².